The first-order valence-electron chi connectivity index (χ1n) is 6.72. The van der Waals surface area contributed by atoms with Crippen molar-refractivity contribution < 1.29 is 19.6 Å². The van der Waals surface area contributed by atoms with Crippen molar-refractivity contribution >= 4 is 28.2 Å². The van der Waals surface area contributed by atoms with Gasteiger partial charge in [0.2, 0.25) is 0 Å². The Hall–Kier alpha value is -2.76. The van der Waals surface area contributed by atoms with Crippen LogP contribution in [0.4, 0.5) is 5.69 Å². The molecule has 2 unspecified atom stereocenters. The smallest absolute Gasteiger partial charge is 0.273 e. The summed E-state index contributed by atoms with van der Waals surface area (Å²) in [6.07, 6.45) is 0. The molecule has 2 aromatic carbocycles. The van der Waals surface area contributed by atoms with Crippen LogP contribution in [-0.4, -0.2) is 16.7 Å². The zero-order valence-electron chi connectivity index (χ0n) is 12.1. The molecular weight excluding hydrogens is 286 g/mol. The molecule has 6 nitrogen and oxygen atoms in total. The fourth-order valence-corrected chi connectivity index (χ4v) is 2.81. The maximum atomic E-state index is 11.6. The number of Topliss-reactive ketones (excluding diaryl/α,β-unsaturated/α-hetero) is 1. The van der Waals surface area contributed by atoms with Gasteiger partial charge in [-0.3, -0.25) is 14.9 Å². The zero-order valence-corrected chi connectivity index (χ0v) is 12.1. The second-order valence-corrected chi connectivity index (χ2v) is 5.17. The number of benzene rings is 2. The molecule has 0 bridgehead atoms. The summed E-state index contributed by atoms with van der Waals surface area (Å²) in [6.45, 7) is 2.64. The lowest BCUT2D eigenvalue weighted by Gasteiger charge is -2.23. The third-order valence-electron chi connectivity index (χ3n) is 3.79. The number of carbonyl (C=O) groups excluding carboxylic acids is 2. The van der Waals surface area contributed by atoms with Crippen LogP contribution in [0.25, 0.3) is 10.8 Å². The molecule has 0 fully saturated rings. The van der Waals surface area contributed by atoms with Crippen LogP contribution >= 0.6 is 0 Å². The van der Waals surface area contributed by atoms with Crippen LogP contribution in [0.2, 0.25) is 0 Å². The van der Waals surface area contributed by atoms with Crippen LogP contribution in [0.5, 0.6) is 0 Å². The molecule has 0 aliphatic rings. The molecule has 6 heteroatoms. The van der Waals surface area contributed by atoms with Gasteiger partial charge in [0.05, 0.1) is 16.8 Å². The van der Waals surface area contributed by atoms with E-state index in [0.29, 0.717) is 5.39 Å². The Balaban J connectivity index is 2.75. The van der Waals surface area contributed by atoms with Crippen LogP contribution in [-0.2, 0) is 9.59 Å². The molecule has 2 atom stereocenters. The maximum Gasteiger partial charge on any atom is 0.273 e. The van der Waals surface area contributed by atoms with E-state index in [-0.39, 0.29) is 11.3 Å². The molecule has 0 spiro atoms. The number of nitro groups is 1. The van der Waals surface area contributed by atoms with Gasteiger partial charge in [-0.05, 0) is 23.8 Å². The zero-order chi connectivity index (χ0) is 16.4. The number of carboxylic acid groups (broad SMARTS) is 1. The summed E-state index contributed by atoms with van der Waals surface area (Å²) in [5, 5.41) is 23.9. The first-order valence-corrected chi connectivity index (χ1v) is 6.72. The average Bonchev–Trinajstić information content (AvgIpc) is 2.44. The summed E-state index contributed by atoms with van der Waals surface area (Å²) in [5.74, 6) is -4.41. The summed E-state index contributed by atoms with van der Waals surface area (Å²) in [4.78, 5) is 33.6. The van der Waals surface area contributed by atoms with E-state index >= 15 is 0 Å². The Morgan fingerprint density at radius 2 is 1.77 bits per heavy atom. The van der Waals surface area contributed by atoms with Gasteiger partial charge in [0.1, 0.15) is 5.78 Å². The molecule has 0 saturated heterocycles. The Morgan fingerprint density at radius 3 is 2.32 bits per heavy atom. The molecule has 0 aliphatic carbocycles. The number of rotatable bonds is 5. The van der Waals surface area contributed by atoms with Crippen LogP contribution < -0.4 is 5.11 Å². The average molecular weight is 300 g/mol. The molecular formula is C16H14NO5-. The Bertz CT molecular complexity index is 754. The second kappa shape index (κ2) is 5.93. The number of carbonyl (C=O) groups is 2. The molecule has 2 aromatic rings. The van der Waals surface area contributed by atoms with Crippen molar-refractivity contribution in [2.75, 3.05) is 0 Å². The molecule has 0 aliphatic heterocycles. The van der Waals surface area contributed by atoms with Crippen LogP contribution in [0.3, 0.4) is 0 Å². The van der Waals surface area contributed by atoms with E-state index in [1.165, 1.54) is 13.0 Å². The van der Waals surface area contributed by atoms with Crippen molar-refractivity contribution in [2.45, 2.75) is 19.8 Å². The molecule has 22 heavy (non-hydrogen) atoms. The number of hydrogen-bond donors (Lipinski definition) is 0. The van der Waals surface area contributed by atoms with Gasteiger partial charge in [-0.1, -0.05) is 31.2 Å². The minimum atomic E-state index is -1.53. The predicted octanol–water partition coefficient (Wildman–Crippen LogP) is 1.81. The standard InChI is InChI=1S/C16H15NO5/c1-9(14(10(2)18)16(19)20)15-12-6-4-3-5-11(12)7-8-13(15)17(21)22/h3-9,14H,1-2H3,(H,19,20)/p-1. The fraction of sp³-hybridized carbons (Fsp3) is 0.250. The van der Waals surface area contributed by atoms with Gasteiger partial charge in [0, 0.05) is 17.5 Å². The lowest BCUT2D eigenvalue weighted by molar-refractivity contribution is -0.385. The van der Waals surface area contributed by atoms with E-state index in [0.717, 1.165) is 12.3 Å². The van der Waals surface area contributed by atoms with Gasteiger partial charge >= 0.3 is 0 Å². The number of nitrogens with zero attached hydrogens (tertiary/aromatic N) is 1. The van der Waals surface area contributed by atoms with Crippen LogP contribution in [0, 0.1) is 16.0 Å². The van der Waals surface area contributed by atoms with Crippen LogP contribution in [0.15, 0.2) is 36.4 Å². The summed E-state index contributed by atoms with van der Waals surface area (Å²) in [6, 6.07) is 9.89. The summed E-state index contributed by atoms with van der Waals surface area (Å²) < 4.78 is 0. The minimum Gasteiger partial charge on any atom is -0.549 e. The number of carboxylic acids is 1. The molecule has 0 amide bonds. The third kappa shape index (κ3) is 2.67. The Labute approximate surface area is 126 Å². The van der Waals surface area contributed by atoms with E-state index in [1.54, 1.807) is 30.3 Å². The topological polar surface area (TPSA) is 100 Å². The molecule has 0 aromatic heterocycles. The van der Waals surface area contributed by atoms with Crippen molar-refractivity contribution in [3.8, 4) is 0 Å². The second-order valence-electron chi connectivity index (χ2n) is 5.17. The van der Waals surface area contributed by atoms with Gasteiger partial charge in [0.25, 0.3) is 5.69 Å². The van der Waals surface area contributed by atoms with E-state index in [2.05, 4.69) is 0 Å². The Morgan fingerprint density at radius 1 is 1.14 bits per heavy atom. The number of nitro benzene ring substituents is 1. The van der Waals surface area contributed by atoms with Gasteiger partial charge in [-0.15, -0.1) is 0 Å². The first kappa shape index (κ1) is 15.6. The van der Waals surface area contributed by atoms with Gasteiger partial charge in [-0.2, -0.15) is 0 Å². The largest absolute Gasteiger partial charge is 0.549 e. The summed E-state index contributed by atoms with van der Waals surface area (Å²) in [7, 11) is 0. The van der Waals surface area contributed by atoms with Crippen molar-refractivity contribution in [1.29, 1.82) is 0 Å². The molecule has 0 heterocycles. The first-order chi connectivity index (χ1) is 10.3. The molecule has 0 saturated carbocycles. The SMILES string of the molecule is CC(=O)C(C(=O)[O-])C(C)c1c([N+](=O)[O-])ccc2ccccc12. The fourth-order valence-electron chi connectivity index (χ4n) is 2.81. The Kier molecular flexibility index (Phi) is 4.21. The molecule has 2 rings (SSSR count). The summed E-state index contributed by atoms with van der Waals surface area (Å²) in [5.41, 5.74) is 0.0474. The van der Waals surface area contributed by atoms with E-state index in [1.807, 2.05) is 0 Å². The highest BCUT2D eigenvalue weighted by molar-refractivity contribution is 5.99. The third-order valence-corrected chi connectivity index (χ3v) is 3.79. The van der Waals surface area contributed by atoms with Crippen molar-refractivity contribution in [2.24, 2.45) is 5.92 Å². The quantitative estimate of drug-likeness (QED) is 0.476. The molecule has 0 N–H and O–H groups in total. The van der Waals surface area contributed by atoms with E-state index < -0.39 is 28.5 Å². The summed E-state index contributed by atoms with van der Waals surface area (Å²) >= 11 is 0. The number of hydrogen-bond acceptors (Lipinski definition) is 5. The molecule has 114 valence electrons. The van der Waals surface area contributed by atoms with Crippen molar-refractivity contribution in [1.82, 2.24) is 0 Å². The number of aliphatic carboxylic acids is 1. The monoisotopic (exact) mass is 300 g/mol. The highest BCUT2D eigenvalue weighted by atomic mass is 16.6. The number of ketones is 1. The highest BCUT2D eigenvalue weighted by Crippen LogP contribution is 2.37. The van der Waals surface area contributed by atoms with Gasteiger partial charge in [0.15, 0.2) is 0 Å². The van der Waals surface area contributed by atoms with E-state index in [9.17, 15) is 24.8 Å². The van der Waals surface area contributed by atoms with Gasteiger partial charge < -0.3 is 9.90 Å². The van der Waals surface area contributed by atoms with Gasteiger partial charge in [-0.25, -0.2) is 0 Å². The normalized spacial score (nSPS) is 13.5. The van der Waals surface area contributed by atoms with E-state index in [4.69, 9.17) is 0 Å². The predicted molar refractivity (Wildman–Crippen MR) is 78.2 cm³/mol. The lowest BCUT2D eigenvalue weighted by Crippen LogP contribution is -2.38. The van der Waals surface area contributed by atoms with Crippen LogP contribution in [0.1, 0.15) is 25.3 Å². The number of fused-ring (bicyclic) bond motifs is 1. The minimum absolute atomic E-state index is 0.196. The molecule has 0 radical (unpaired) electrons. The highest BCUT2D eigenvalue weighted by Gasteiger charge is 2.31. The van der Waals surface area contributed by atoms with Crippen molar-refractivity contribution in [3.05, 3.63) is 52.1 Å². The lowest BCUT2D eigenvalue weighted by atomic mass is 9.82. The maximum absolute atomic E-state index is 11.6. The van der Waals surface area contributed by atoms with Crippen molar-refractivity contribution in [3.63, 3.8) is 0 Å².